The highest BCUT2D eigenvalue weighted by atomic mass is 32.2. The van der Waals surface area contributed by atoms with E-state index in [-0.39, 0.29) is 0 Å². The number of rotatable bonds is 5. The van der Waals surface area contributed by atoms with Gasteiger partial charge in [-0.1, -0.05) is 42.8 Å². The first-order valence-corrected chi connectivity index (χ1v) is 7.14. The Morgan fingerprint density at radius 3 is 2.33 bits per heavy atom. The van der Waals surface area contributed by atoms with Gasteiger partial charge in [0, 0.05) is 22.4 Å². The SMILES string of the molecule is Cc1ccc(SC(C)CNc2ccccc2)cc1. The lowest BCUT2D eigenvalue weighted by atomic mass is 10.2. The Labute approximate surface area is 114 Å². The third-order valence-electron chi connectivity index (χ3n) is 2.73. The van der Waals surface area contributed by atoms with Crippen LogP contribution in [0.5, 0.6) is 0 Å². The number of para-hydroxylation sites is 1. The second-order valence-corrected chi connectivity index (χ2v) is 6.00. The maximum Gasteiger partial charge on any atom is 0.0340 e. The van der Waals surface area contributed by atoms with Gasteiger partial charge in [0.2, 0.25) is 0 Å². The standard InChI is InChI=1S/C16H19NS/c1-13-8-10-16(11-9-13)18-14(2)12-17-15-6-4-3-5-7-15/h3-11,14,17H,12H2,1-2H3. The van der Waals surface area contributed by atoms with Crippen LogP contribution in [-0.2, 0) is 0 Å². The zero-order chi connectivity index (χ0) is 12.8. The minimum atomic E-state index is 0.549. The van der Waals surface area contributed by atoms with E-state index in [0.717, 1.165) is 6.54 Å². The molecule has 0 heterocycles. The van der Waals surface area contributed by atoms with Crippen molar-refractivity contribution in [3.05, 3.63) is 60.2 Å². The molecule has 94 valence electrons. The fourth-order valence-corrected chi connectivity index (χ4v) is 2.63. The Morgan fingerprint density at radius 1 is 1.00 bits per heavy atom. The van der Waals surface area contributed by atoms with Crippen LogP contribution in [0.2, 0.25) is 0 Å². The predicted octanol–water partition coefficient (Wildman–Crippen LogP) is 4.59. The predicted molar refractivity (Wildman–Crippen MR) is 81.4 cm³/mol. The molecule has 0 aliphatic carbocycles. The van der Waals surface area contributed by atoms with E-state index in [2.05, 4.69) is 67.7 Å². The molecule has 0 saturated heterocycles. The van der Waals surface area contributed by atoms with Gasteiger partial charge in [0.1, 0.15) is 0 Å². The fraction of sp³-hybridized carbons (Fsp3) is 0.250. The van der Waals surface area contributed by atoms with Gasteiger partial charge in [0.15, 0.2) is 0 Å². The van der Waals surface area contributed by atoms with Crippen molar-refractivity contribution in [3.8, 4) is 0 Å². The fourth-order valence-electron chi connectivity index (χ4n) is 1.71. The monoisotopic (exact) mass is 257 g/mol. The average molecular weight is 257 g/mol. The van der Waals surface area contributed by atoms with Crippen LogP contribution >= 0.6 is 11.8 Å². The lowest BCUT2D eigenvalue weighted by molar-refractivity contribution is 0.999. The summed E-state index contributed by atoms with van der Waals surface area (Å²) >= 11 is 1.91. The summed E-state index contributed by atoms with van der Waals surface area (Å²) in [5.41, 5.74) is 2.50. The van der Waals surface area contributed by atoms with Gasteiger partial charge < -0.3 is 5.32 Å². The van der Waals surface area contributed by atoms with E-state index in [9.17, 15) is 0 Å². The molecule has 0 saturated carbocycles. The van der Waals surface area contributed by atoms with Gasteiger partial charge in [-0.15, -0.1) is 11.8 Å². The summed E-state index contributed by atoms with van der Waals surface area (Å²) in [7, 11) is 0. The lowest BCUT2D eigenvalue weighted by Gasteiger charge is -2.13. The summed E-state index contributed by atoms with van der Waals surface area (Å²) in [5, 5.41) is 4.00. The molecule has 0 aliphatic heterocycles. The molecule has 1 unspecified atom stereocenters. The molecule has 1 nitrogen and oxygen atoms in total. The lowest BCUT2D eigenvalue weighted by Crippen LogP contribution is -2.12. The van der Waals surface area contributed by atoms with Gasteiger partial charge >= 0.3 is 0 Å². The molecule has 2 aromatic carbocycles. The van der Waals surface area contributed by atoms with Crippen molar-refractivity contribution in [1.29, 1.82) is 0 Å². The minimum absolute atomic E-state index is 0.549. The maximum atomic E-state index is 3.46. The first-order valence-electron chi connectivity index (χ1n) is 6.26. The Kier molecular flexibility index (Phi) is 4.71. The summed E-state index contributed by atoms with van der Waals surface area (Å²) in [6.07, 6.45) is 0. The van der Waals surface area contributed by atoms with E-state index < -0.39 is 0 Å². The molecule has 0 fully saturated rings. The van der Waals surface area contributed by atoms with E-state index in [4.69, 9.17) is 0 Å². The number of hydrogen-bond acceptors (Lipinski definition) is 2. The summed E-state index contributed by atoms with van der Waals surface area (Å²) < 4.78 is 0. The van der Waals surface area contributed by atoms with Crippen molar-refractivity contribution in [3.63, 3.8) is 0 Å². The Morgan fingerprint density at radius 2 is 1.67 bits per heavy atom. The van der Waals surface area contributed by atoms with E-state index in [1.165, 1.54) is 16.1 Å². The smallest absolute Gasteiger partial charge is 0.0340 e. The molecule has 0 bridgehead atoms. The van der Waals surface area contributed by atoms with E-state index in [1.807, 2.05) is 17.8 Å². The molecule has 2 heteroatoms. The number of anilines is 1. The second-order valence-electron chi connectivity index (χ2n) is 4.49. The van der Waals surface area contributed by atoms with Crippen LogP contribution in [0.25, 0.3) is 0 Å². The highest BCUT2D eigenvalue weighted by Gasteiger charge is 2.04. The van der Waals surface area contributed by atoms with Crippen LogP contribution in [0.4, 0.5) is 5.69 Å². The summed E-state index contributed by atoms with van der Waals surface area (Å²) in [6, 6.07) is 19.1. The van der Waals surface area contributed by atoms with Crippen LogP contribution < -0.4 is 5.32 Å². The Bertz CT molecular complexity index is 464. The van der Waals surface area contributed by atoms with Crippen molar-refractivity contribution in [2.24, 2.45) is 0 Å². The zero-order valence-corrected chi connectivity index (χ0v) is 11.7. The average Bonchev–Trinajstić information content (AvgIpc) is 2.40. The van der Waals surface area contributed by atoms with E-state index in [1.54, 1.807) is 0 Å². The molecule has 0 spiro atoms. The van der Waals surface area contributed by atoms with Crippen molar-refractivity contribution >= 4 is 17.4 Å². The molecule has 1 atom stereocenters. The van der Waals surface area contributed by atoms with Gasteiger partial charge in [0.05, 0.1) is 0 Å². The van der Waals surface area contributed by atoms with Crippen molar-refractivity contribution in [1.82, 2.24) is 0 Å². The minimum Gasteiger partial charge on any atom is -0.384 e. The molecule has 0 aliphatic rings. The van der Waals surface area contributed by atoms with Crippen molar-refractivity contribution in [2.45, 2.75) is 24.0 Å². The van der Waals surface area contributed by atoms with Gasteiger partial charge in [0.25, 0.3) is 0 Å². The molecule has 18 heavy (non-hydrogen) atoms. The van der Waals surface area contributed by atoms with Crippen LogP contribution in [-0.4, -0.2) is 11.8 Å². The first kappa shape index (κ1) is 13.0. The van der Waals surface area contributed by atoms with Crippen molar-refractivity contribution in [2.75, 3.05) is 11.9 Å². The molecule has 1 N–H and O–H groups in total. The quantitative estimate of drug-likeness (QED) is 0.786. The molecule has 0 radical (unpaired) electrons. The highest BCUT2D eigenvalue weighted by molar-refractivity contribution is 8.00. The maximum absolute atomic E-state index is 3.46. The van der Waals surface area contributed by atoms with Crippen LogP contribution in [0.15, 0.2) is 59.5 Å². The van der Waals surface area contributed by atoms with Gasteiger partial charge in [-0.2, -0.15) is 0 Å². The van der Waals surface area contributed by atoms with Crippen LogP contribution in [0.3, 0.4) is 0 Å². The number of aryl methyl sites for hydroxylation is 1. The Balaban J connectivity index is 1.82. The molecule has 2 aromatic rings. The molecular weight excluding hydrogens is 238 g/mol. The van der Waals surface area contributed by atoms with Gasteiger partial charge in [-0.05, 0) is 31.2 Å². The number of thioether (sulfide) groups is 1. The molecule has 0 amide bonds. The van der Waals surface area contributed by atoms with Crippen molar-refractivity contribution < 1.29 is 0 Å². The van der Waals surface area contributed by atoms with Crippen LogP contribution in [0, 0.1) is 6.92 Å². The molecule has 0 aromatic heterocycles. The number of nitrogens with one attached hydrogen (secondary N) is 1. The third-order valence-corrected chi connectivity index (χ3v) is 3.84. The van der Waals surface area contributed by atoms with E-state index >= 15 is 0 Å². The Hall–Kier alpha value is -1.41. The molecular formula is C16H19NS. The summed E-state index contributed by atoms with van der Waals surface area (Å²) in [6.45, 7) is 5.35. The van der Waals surface area contributed by atoms with E-state index in [0.29, 0.717) is 5.25 Å². The topological polar surface area (TPSA) is 12.0 Å². The second kappa shape index (κ2) is 6.50. The summed E-state index contributed by atoms with van der Waals surface area (Å²) in [5.74, 6) is 0. The van der Waals surface area contributed by atoms with Gasteiger partial charge in [-0.25, -0.2) is 0 Å². The van der Waals surface area contributed by atoms with Gasteiger partial charge in [-0.3, -0.25) is 0 Å². The largest absolute Gasteiger partial charge is 0.384 e. The number of hydrogen-bond donors (Lipinski definition) is 1. The summed E-state index contributed by atoms with van der Waals surface area (Å²) in [4.78, 5) is 1.34. The first-order chi connectivity index (χ1) is 8.74. The van der Waals surface area contributed by atoms with Crippen LogP contribution in [0.1, 0.15) is 12.5 Å². The highest BCUT2D eigenvalue weighted by Crippen LogP contribution is 2.23. The zero-order valence-electron chi connectivity index (χ0n) is 10.9. The molecule has 2 rings (SSSR count). The normalized spacial score (nSPS) is 12.1. The number of benzene rings is 2. The third kappa shape index (κ3) is 4.11.